The van der Waals surface area contributed by atoms with Crippen LogP contribution in [0.2, 0.25) is 0 Å². The molecule has 1 N–H and O–H groups in total. The lowest BCUT2D eigenvalue weighted by atomic mass is 10.1. The Hall–Kier alpha value is -1.51. The van der Waals surface area contributed by atoms with Gasteiger partial charge >= 0.3 is 0 Å². The standard InChI is InChI=1S/C13H20N2O/c1-4-10-14-12-9-7-6-8-11(12)13(16)15(3)5-2/h6-9,14H,4-5,10H2,1-3H3. The van der Waals surface area contributed by atoms with Crippen molar-refractivity contribution in [3.63, 3.8) is 0 Å². The van der Waals surface area contributed by atoms with Gasteiger partial charge in [0.05, 0.1) is 5.56 Å². The van der Waals surface area contributed by atoms with Crippen molar-refractivity contribution < 1.29 is 4.79 Å². The number of nitrogens with one attached hydrogen (secondary N) is 1. The normalized spacial score (nSPS) is 9.94. The first kappa shape index (κ1) is 12.6. The summed E-state index contributed by atoms with van der Waals surface area (Å²) < 4.78 is 0. The summed E-state index contributed by atoms with van der Waals surface area (Å²) >= 11 is 0. The molecule has 0 aliphatic rings. The minimum atomic E-state index is 0.0710. The van der Waals surface area contributed by atoms with E-state index in [0.29, 0.717) is 0 Å². The van der Waals surface area contributed by atoms with Crippen LogP contribution in [-0.4, -0.2) is 30.9 Å². The maximum Gasteiger partial charge on any atom is 0.255 e. The largest absolute Gasteiger partial charge is 0.384 e. The predicted molar refractivity (Wildman–Crippen MR) is 67.9 cm³/mol. The monoisotopic (exact) mass is 220 g/mol. The smallest absolute Gasteiger partial charge is 0.255 e. The highest BCUT2D eigenvalue weighted by Gasteiger charge is 2.13. The molecule has 0 saturated heterocycles. The summed E-state index contributed by atoms with van der Waals surface area (Å²) in [7, 11) is 1.82. The van der Waals surface area contributed by atoms with E-state index >= 15 is 0 Å². The minimum Gasteiger partial charge on any atom is -0.384 e. The average molecular weight is 220 g/mol. The van der Waals surface area contributed by atoms with Crippen molar-refractivity contribution in [2.75, 3.05) is 25.5 Å². The highest BCUT2D eigenvalue weighted by atomic mass is 16.2. The molecule has 88 valence electrons. The Morgan fingerprint density at radius 2 is 2.00 bits per heavy atom. The number of nitrogens with zero attached hydrogens (tertiary/aromatic N) is 1. The molecule has 3 nitrogen and oxygen atoms in total. The Kier molecular flexibility index (Phi) is 4.83. The molecule has 1 aromatic rings. The van der Waals surface area contributed by atoms with Gasteiger partial charge in [-0.1, -0.05) is 19.1 Å². The summed E-state index contributed by atoms with van der Waals surface area (Å²) in [4.78, 5) is 13.8. The second-order valence-corrected chi connectivity index (χ2v) is 3.79. The van der Waals surface area contributed by atoms with Crippen molar-refractivity contribution >= 4 is 11.6 Å². The molecule has 0 atom stereocenters. The average Bonchev–Trinajstić information content (AvgIpc) is 2.34. The van der Waals surface area contributed by atoms with Gasteiger partial charge in [-0.25, -0.2) is 0 Å². The summed E-state index contributed by atoms with van der Waals surface area (Å²) in [5.41, 5.74) is 1.68. The molecule has 0 aromatic heterocycles. The SMILES string of the molecule is CCCNc1ccccc1C(=O)N(C)CC. The zero-order chi connectivity index (χ0) is 12.0. The minimum absolute atomic E-state index is 0.0710. The lowest BCUT2D eigenvalue weighted by Gasteiger charge is -2.17. The van der Waals surface area contributed by atoms with Crippen LogP contribution in [0.25, 0.3) is 0 Å². The number of para-hydroxylation sites is 1. The molecule has 3 heteroatoms. The van der Waals surface area contributed by atoms with Gasteiger partial charge in [-0.3, -0.25) is 4.79 Å². The first-order chi connectivity index (χ1) is 7.70. The number of amides is 1. The molecule has 0 radical (unpaired) electrons. The van der Waals surface area contributed by atoms with E-state index in [9.17, 15) is 4.79 Å². The van der Waals surface area contributed by atoms with Gasteiger partial charge in [-0.2, -0.15) is 0 Å². The molecular formula is C13H20N2O. The third kappa shape index (κ3) is 2.99. The van der Waals surface area contributed by atoms with Crippen LogP contribution < -0.4 is 5.32 Å². The topological polar surface area (TPSA) is 32.3 Å². The molecule has 0 unspecified atom stereocenters. The van der Waals surface area contributed by atoms with Gasteiger partial charge in [0, 0.05) is 25.8 Å². The maximum absolute atomic E-state index is 12.0. The van der Waals surface area contributed by atoms with E-state index in [0.717, 1.165) is 30.8 Å². The zero-order valence-corrected chi connectivity index (χ0v) is 10.3. The number of carbonyl (C=O) groups is 1. The molecule has 0 spiro atoms. The van der Waals surface area contributed by atoms with E-state index in [-0.39, 0.29) is 5.91 Å². The maximum atomic E-state index is 12.0. The number of benzene rings is 1. The summed E-state index contributed by atoms with van der Waals surface area (Å²) in [5.74, 6) is 0.0710. The Morgan fingerprint density at radius 3 is 2.62 bits per heavy atom. The molecular weight excluding hydrogens is 200 g/mol. The number of anilines is 1. The van der Waals surface area contributed by atoms with Gasteiger partial charge in [-0.05, 0) is 25.5 Å². The van der Waals surface area contributed by atoms with Crippen molar-refractivity contribution in [2.24, 2.45) is 0 Å². The van der Waals surface area contributed by atoms with Crippen molar-refractivity contribution in [2.45, 2.75) is 20.3 Å². The van der Waals surface area contributed by atoms with E-state index in [1.165, 1.54) is 0 Å². The van der Waals surface area contributed by atoms with Crippen molar-refractivity contribution in [1.29, 1.82) is 0 Å². The number of hydrogen-bond acceptors (Lipinski definition) is 2. The van der Waals surface area contributed by atoms with Gasteiger partial charge in [0.25, 0.3) is 5.91 Å². The van der Waals surface area contributed by atoms with Crippen molar-refractivity contribution in [3.05, 3.63) is 29.8 Å². The van der Waals surface area contributed by atoms with Gasteiger partial charge < -0.3 is 10.2 Å². The van der Waals surface area contributed by atoms with Gasteiger partial charge in [-0.15, -0.1) is 0 Å². The van der Waals surface area contributed by atoms with Crippen LogP contribution in [0.1, 0.15) is 30.6 Å². The van der Waals surface area contributed by atoms with Crippen LogP contribution in [0.5, 0.6) is 0 Å². The zero-order valence-electron chi connectivity index (χ0n) is 10.3. The molecule has 1 aromatic carbocycles. The van der Waals surface area contributed by atoms with E-state index in [4.69, 9.17) is 0 Å². The highest BCUT2D eigenvalue weighted by molar-refractivity contribution is 5.99. The van der Waals surface area contributed by atoms with Crippen molar-refractivity contribution in [3.8, 4) is 0 Å². The lowest BCUT2D eigenvalue weighted by molar-refractivity contribution is 0.0803. The number of rotatable bonds is 5. The van der Waals surface area contributed by atoms with Gasteiger partial charge in [0.1, 0.15) is 0 Å². The number of hydrogen-bond donors (Lipinski definition) is 1. The molecule has 1 amide bonds. The molecule has 0 bridgehead atoms. The molecule has 0 heterocycles. The van der Waals surface area contributed by atoms with E-state index in [1.54, 1.807) is 4.90 Å². The summed E-state index contributed by atoms with van der Waals surface area (Å²) in [6.07, 6.45) is 1.05. The lowest BCUT2D eigenvalue weighted by Crippen LogP contribution is -2.27. The van der Waals surface area contributed by atoms with Crippen LogP contribution in [0.3, 0.4) is 0 Å². The Morgan fingerprint density at radius 1 is 1.31 bits per heavy atom. The van der Waals surface area contributed by atoms with Gasteiger partial charge in [0.15, 0.2) is 0 Å². The third-order valence-corrected chi connectivity index (χ3v) is 2.54. The molecule has 0 aliphatic carbocycles. The second kappa shape index (κ2) is 6.16. The molecule has 0 saturated carbocycles. The van der Waals surface area contributed by atoms with E-state index in [2.05, 4.69) is 12.2 Å². The molecule has 0 fully saturated rings. The Labute approximate surface area is 97.5 Å². The van der Waals surface area contributed by atoms with Crippen LogP contribution in [-0.2, 0) is 0 Å². The first-order valence-electron chi connectivity index (χ1n) is 5.79. The highest BCUT2D eigenvalue weighted by Crippen LogP contribution is 2.16. The second-order valence-electron chi connectivity index (χ2n) is 3.79. The first-order valence-corrected chi connectivity index (χ1v) is 5.79. The Bertz CT molecular complexity index is 350. The van der Waals surface area contributed by atoms with Crippen molar-refractivity contribution in [1.82, 2.24) is 4.90 Å². The Balaban J connectivity index is 2.89. The fourth-order valence-electron chi connectivity index (χ4n) is 1.43. The van der Waals surface area contributed by atoms with E-state index in [1.807, 2.05) is 38.2 Å². The molecule has 1 rings (SSSR count). The summed E-state index contributed by atoms with van der Waals surface area (Å²) in [6, 6.07) is 7.66. The molecule has 16 heavy (non-hydrogen) atoms. The summed E-state index contributed by atoms with van der Waals surface area (Å²) in [5, 5.41) is 3.28. The number of carbonyl (C=O) groups excluding carboxylic acids is 1. The van der Waals surface area contributed by atoms with Crippen LogP contribution in [0.4, 0.5) is 5.69 Å². The van der Waals surface area contributed by atoms with Gasteiger partial charge in [0.2, 0.25) is 0 Å². The van der Waals surface area contributed by atoms with E-state index < -0.39 is 0 Å². The quantitative estimate of drug-likeness (QED) is 0.827. The van der Waals surface area contributed by atoms with Crippen LogP contribution >= 0.6 is 0 Å². The summed E-state index contributed by atoms with van der Waals surface area (Å²) in [6.45, 7) is 5.69. The predicted octanol–water partition coefficient (Wildman–Crippen LogP) is 2.60. The fraction of sp³-hybridized carbons (Fsp3) is 0.462. The fourth-order valence-corrected chi connectivity index (χ4v) is 1.43. The van der Waals surface area contributed by atoms with Crippen LogP contribution in [0, 0.1) is 0 Å². The third-order valence-electron chi connectivity index (χ3n) is 2.54. The molecule has 0 aliphatic heterocycles. The van der Waals surface area contributed by atoms with Crippen LogP contribution in [0.15, 0.2) is 24.3 Å².